The number of anilines is 2. The van der Waals surface area contributed by atoms with Gasteiger partial charge in [-0.1, -0.05) is 27.5 Å². The van der Waals surface area contributed by atoms with Gasteiger partial charge in [0.25, 0.3) is 5.91 Å². The number of amides is 1. The molecule has 0 atom stereocenters. The maximum atomic E-state index is 12.3. The lowest BCUT2D eigenvalue weighted by Crippen LogP contribution is -2.16. The molecule has 0 aliphatic heterocycles. The van der Waals surface area contributed by atoms with E-state index in [1.807, 2.05) is 37.2 Å². The molecule has 3 nitrogen and oxygen atoms in total. The van der Waals surface area contributed by atoms with E-state index in [9.17, 15) is 4.79 Å². The predicted octanol–water partition coefficient (Wildman–Crippen LogP) is 5.18. The number of carbonyl (C=O) groups is 1. The second-order valence-electron chi connectivity index (χ2n) is 4.64. The minimum atomic E-state index is -0.203. The van der Waals surface area contributed by atoms with Gasteiger partial charge < -0.3 is 10.2 Å². The zero-order chi connectivity index (χ0) is 15.6. The molecule has 2 aromatic rings. The van der Waals surface area contributed by atoms with Crippen molar-refractivity contribution in [2.24, 2.45) is 0 Å². The van der Waals surface area contributed by atoms with Crippen LogP contribution < -0.4 is 10.2 Å². The monoisotopic (exact) mass is 430 g/mol. The molecule has 2 aromatic carbocycles. The molecule has 2 rings (SSSR count). The van der Waals surface area contributed by atoms with E-state index in [1.54, 1.807) is 18.2 Å². The zero-order valence-electron chi connectivity index (χ0n) is 11.5. The summed E-state index contributed by atoms with van der Waals surface area (Å²) in [6.45, 7) is 0. The molecule has 0 aliphatic rings. The molecule has 6 heteroatoms. The lowest BCUT2D eigenvalue weighted by atomic mass is 10.2. The van der Waals surface area contributed by atoms with Crippen molar-refractivity contribution in [3.63, 3.8) is 0 Å². The number of benzene rings is 2. The summed E-state index contributed by atoms with van der Waals surface area (Å²) in [6, 6.07) is 10.8. The molecule has 0 spiro atoms. The summed E-state index contributed by atoms with van der Waals surface area (Å²) in [5.74, 6) is -0.203. The fraction of sp³-hybridized carbons (Fsp3) is 0.133. The van der Waals surface area contributed by atoms with Crippen LogP contribution in [0.3, 0.4) is 0 Å². The van der Waals surface area contributed by atoms with Gasteiger partial charge in [0.2, 0.25) is 0 Å². The topological polar surface area (TPSA) is 32.3 Å². The second kappa shape index (κ2) is 6.81. The van der Waals surface area contributed by atoms with E-state index >= 15 is 0 Å². The molecule has 21 heavy (non-hydrogen) atoms. The first-order valence-corrected chi connectivity index (χ1v) is 8.08. The van der Waals surface area contributed by atoms with E-state index in [4.69, 9.17) is 11.6 Å². The molecule has 0 unspecified atom stereocenters. The maximum Gasteiger partial charge on any atom is 0.255 e. The minimum absolute atomic E-state index is 0.203. The Labute approximate surface area is 145 Å². The van der Waals surface area contributed by atoms with Gasteiger partial charge in [0, 0.05) is 28.6 Å². The van der Waals surface area contributed by atoms with Gasteiger partial charge in [0.1, 0.15) is 0 Å². The lowest BCUT2D eigenvalue weighted by Gasteiger charge is -2.18. The highest BCUT2D eigenvalue weighted by Crippen LogP contribution is 2.29. The number of halogens is 3. The summed E-state index contributed by atoms with van der Waals surface area (Å²) in [4.78, 5) is 14.3. The fourth-order valence-electron chi connectivity index (χ4n) is 1.83. The van der Waals surface area contributed by atoms with Crippen molar-refractivity contribution in [1.82, 2.24) is 0 Å². The van der Waals surface area contributed by atoms with Gasteiger partial charge in [-0.05, 0) is 52.3 Å². The number of nitrogens with zero attached hydrogens (tertiary/aromatic N) is 1. The quantitative estimate of drug-likeness (QED) is 0.725. The van der Waals surface area contributed by atoms with Crippen LogP contribution >= 0.6 is 43.5 Å². The Balaban J connectivity index is 2.30. The van der Waals surface area contributed by atoms with Gasteiger partial charge in [0.15, 0.2) is 0 Å². The van der Waals surface area contributed by atoms with Crippen molar-refractivity contribution < 1.29 is 4.79 Å². The van der Waals surface area contributed by atoms with Gasteiger partial charge in [0.05, 0.1) is 16.4 Å². The number of hydrogen-bond acceptors (Lipinski definition) is 2. The number of rotatable bonds is 3. The van der Waals surface area contributed by atoms with Crippen molar-refractivity contribution in [3.8, 4) is 0 Å². The van der Waals surface area contributed by atoms with Crippen LogP contribution in [0.4, 0.5) is 11.4 Å². The summed E-state index contributed by atoms with van der Waals surface area (Å²) in [7, 11) is 3.85. The van der Waals surface area contributed by atoms with Gasteiger partial charge in [-0.25, -0.2) is 0 Å². The Morgan fingerprint density at radius 2 is 1.86 bits per heavy atom. The van der Waals surface area contributed by atoms with Gasteiger partial charge >= 0.3 is 0 Å². The molecule has 0 saturated carbocycles. The molecule has 1 N–H and O–H groups in total. The van der Waals surface area contributed by atoms with E-state index in [1.165, 1.54) is 0 Å². The molecule has 1 amide bonds. The largest absolute Gasteiger partial charge is 0.376 e. The van der Waals surface area contributed by atoms with E-state index in [0.717, 1.165) is 20.3 Å². The first-order valence-electron chi connectivity index (χ1n) is 6.12. The van der Waals surface area contributed by atoms with Crippen LogP contribution in [0.25, 0.3) is 0 Å². The number of hydrogen-bond donors (Lipinski definition) is 1. The van der Waals surface area contributed by atoms with Crippen LogP contribution in [0.2, 0.25) is 5.02 Å². The molecule has 0 aromatic heterocycles. The Hall–Kier alpha value is -1.04. The van der Waals surface area contributed by atoms with Crippen LogP contribution in [-0.4, -0.2) is 20.0 Å². The van der Waals surface area contributed by atoms with Crippen molar-refractivity contribution in [1.29, 1.82) is 0 Å². The molecular weight excluding hydrogens is 419 g/mol. The first-order chi connectivity index (χ1) is 9.88. The normalized spacial score (nSPS) is 10.3. The minimum Gasteiger partial charge on any atom is -0.376 e. The van der Waals surface area contributed by atoms with E-state index in [0.29, 0.717) is 10.6 Å². The third-order valence-corrected chi connectivity index (χ3v) is 4.60. The Morgan fingerprint density at radius 3 is 2.48 bits per heavy atom. The van der Waals surface area contributed by atoms with E-state index < -0.39 is 0 Å². The van der Waals surface area contributed by atoms with Crippen LogP contribution in [0.1, 0.15) is 10.4 Å². The van der Waals surface area contributed by atoms with Gasteiger partial charge in [-0.2, -0.15) is 0 Å². The fourth-order valence-corrected chi connectivity index (χ4v) is 2.62. The molecule has 110 valence electrons. The Bertz CT molecular complexity index is 689. The summed E-state index contributed by atoms with van der Waals surface area (Å²) in [5, 5.41) is 3.42. The van der Waals surface area contributed by atoms with Gasteiger partial charge in [-0.3, -0.25) is 4.79 Å². The summed E-state index contributed by atoms with van der Waals surface area (Å²) in [6.07, 6.45) is 0. The molecule has 0 fully saturated rings. The highest BCUT2D eigenvalue weighted by atomic mass is 79.9. The van der Waals surface area contributed by atoms with Gasteiger partial charge in [-0.15, -0.1) is 0 Å². The second-order valence-corrected chi connectivity index (χ2v) is 6.82. The Kier molecular flexibility index (Phi) is 5.30. The molecular formula is C15H13Br2ClN2O. The highest BCUT2D eigenvalue weighted by molar-refractivity contribution is 9.10. The average molecular weight is 433 g/mol. The van der Waals surface area contributed by atoms with Crippen LogP contribution in [0.5, 0.6) is 0 Å². The third kappa shape index (κ3) is 3.99. The first kappa shape index (κ1) is 16.3. The van der Waals surface area contributed by atoms with E-state index in [2.05, 4.69) is 37.2 Å². The zero-order valence-corrected chi connectivity index (χ0v) is 15.4. The maximum absolute atomic E-state index is 12.3. The summed E-state index contributed by atoms with van der Waals surface area (Å²) >= 11 is 12.7. The standard InChI is InChI=1S/C15H13Br2ClN2O/c1-20(2)14-6-4-10(16)8-13(14)19-15(21)9-3-5-11(17)12(18)7-9/h3-8H,1-2H3,(H,19,21). The Morgan fingerprint density at radius 1 is 1.14 bits per heavy atom. The average Bonchev–Trinajstić information content (AvgIpc) is 2.41. The van der Waals surface area contributed by atoms with Crippen LogP contribution in [-0.2, 0) is 0 Å². The number of nitrogens with one attached hydrogen (secondary N) is 1. The van der Waals surface area contributed by atoms with Crippen molar-refractivity contribution in [2.45, 2.75) is 0 Å². The smallest absolute Gasteiger partial charge is 0.255 e. The number of carbonyl (C=O) groups excluding carboxylic acids is 1. The SMILES string of the molecule is CN(C)c1ccc(Br)cc1NC(=O)c1ccc(Br)c(Cl)c1. The molecule has 0 saturated heterocycles. The predicted molar refractivity (Wildman–Crippen MR) is 95.6 cm³/mol. The van der Waals surface area contributed by atoms with Crippen LogP contribution in [0, 0.1) is 0 Å². The molecule has 0 aliphatic carbocycles. The van der Waals surface area contributed by atoms with Crippen molar-refractivity contribution in [3.05, 3.63) is 55.9 Å². The molecule has 0 bridgehead atoms. The lowest BCUT2D eigenvalue weighted by molar-refractivity contribution is 0.102. The molecule has 0 heterocycles. The highest BCUT2D eigenvalue weighted by Gasteiger charge is 2.12. The summed E-state index contributed by atoms with van der Waals surface area (Å²) in [5.41, 5.74) is 2.17. The van der Waals surface area contributed by atoms with E-state index in [-0.39, 0.29) is 5.91 Å². The third-order valence-electron chi connectivity index (χ3n) is 2.87. The van der Waals surface area contributed by atoms with Crippen LogP contribution in [0.15, 0.2) is 45.3 Å². The summed E-state index contributed by atoms with van der Waals surface area (Å²) < 4.78 is 1.66. The molecule has 0 radical (unpaired) electrons. The van der Waals surface area contributed by atoms with Crippen molar-refractivity contribution in [2.75, 3.05) is 24.3 Å². The van der Waals surface area contributed by atoms with Crippen molar-refractivity contribution >= 4 is 60.7 Å².